The monoisotopic (exact) mass is 341 g/mol. The number of methoxy groups -OCH3 is 1. The lowest BCUT2D eigenvalue weighted by atomic mass is 10.2. The van der Waals surface area contributed by atoms with Crippen molar-refractivity contribution in [2.45, 2.75) is 20.0 Å². The molecule has 0 aliphatic rings. The third kappa shape index (κ3) is 7.27. The van der Waals surface area contributed by atoms with Crippen molar-refractivity contribution in [3.8, 4) is 5.75 Å². The number of nitrogens with one attached hydrogen (secondary N) is 2. The molecule has 0 radical (unpaired) electrons. The number of nitrogens with zero attached hydrogens (tertiary/aromatic N) is 1. The highest BCUT2D eigenvalue weighted by Crippen LogP contribution is 2.12. The molecule has 0 aliphatic carbocycles. The lowest BCUT2D eigenvalue weighted by Crippen LogP contribution is -2.36. The maximum atomic E-state index is 5.57. The van der Waals surface area contributed by atoms with Gasteiger partial charge in [0.25, 0.3) is 0 Å². The molecule has 0 unspecified atom stereocenters. The second-order valence-electron chi connectivity index (χ2n) is 5.52. The molecule has 2 rings (SSSR count). The Morgan fingerprint density at radius 3 is 2.36 bits per heavy atom. The molecule has 25 heavy (non-hydrogen) atoms. The van der Waals surface area contributed by atoms with Crippen LogP contribution < -0.4 is 15.4 Å². The summed E-state index contributed by atoms with van der Waals surface area (Å²) >= 11 is 0. The molecule has 0 amide bonds. The fraction of sp³-hybridized carbons (Fsp3) is 0.350. The summed E-state index contributed by atoms with van der Waals surface area (Å²) in [6.45, 7) is 5.40. The van der Waals surface area contributed by atoms with Crippen molar-refractivity contribution >= 4 is 5.96 Å². The smallest absolute Gasteiger partial charge is 0.191 e. The van der Waals surface area contributed by atoms with E-state index >= 15 is 0 Å². The molecule has 0 aliphatic heterocycles. The van der Waals surface area contributed by atoms with Crippen LogP contribution in [0, 0.1) is 0 Å². The Morgan fingerprint density at radius 2 is 1.68 bits per heavy atom. The van der Waals surface area contributed by atoms with Gasteiger partial charge in [-0.15, -0.1) is 0 Å². The van der Waals surface area contributed by atoms with Crippen molar-refractivity contribution < 1.29 is 9.47 Å². The Bertz CT molecular complexity index is 627. The van der Waals surface area contributed by atoms with E-state index in [1.165, 1.54) is 11.1 Å². The topological polar surface area (TPSA) is 54.9 Å². The predicted molar refractivity (Wildman–Crippen MR) is 102 cm³/mol. The van der Waals surface area contributed by atoms with Gasteiger partial charge in [-0.05, 0) is 30.2 Å². The van der Waals surface area contributed by atoms with Gasteiger partial charge in [0.2, 0.25) is 0 Å². The number of rotatable bonds is 9. The summed E-state index contributed by atoms with van der Waals surface area (Å²) in [7, 11) is 1.67. The van der Waals surface area contributed by atoms with Gasteiger partial charge in [-0.3, -0.25) is 0 Å². The largest absolute Gasteiger partial charge is 0.491 e. The Labute approximate surface area is 150 Å². The summed E-state index contributed by atoms with van der Waals surface area (Å²) in [4.78, 5) is 4.62. The molecular weight excluding hydrogens is 314 g/mol. The van der Waals surface area contributed by atoms with Crippen LogP contribution in [0.15, 0.2) is 59.6 Å². The SMILES string of the molecule is CCNC(=NCc1ccccc1)NCc1ccc(OCCOC)cc1. The minimum Gasteiger partial charge on any atom is -0.491 e. The van der Waals surface area contributed by atoms with E-state index in [1.807, 2.05) is 30.3 Å². The summed E-state index contributed by atoms with van der Waals surface area (Å²) in [6.07, 6.45) is 0. The number of aliphatic imine (C=N–C) groups is 1. The Kier molecular flexibility index (Phi) is 8.35. The van der Waals surface area contributed by atoms with Crippen molar-refractivity contribution in [1.29, 1.82) is 0 Å². The number of benzene rings is 2. The second kappa shape index (κ2) is 11.1. The van der Waals surface area contributed by atoms with E-state index < -0.39 is 0 Å². The summed E-state index contributed by atoms with van der Waals surface area (Å²) in [5.41, 5.74) is 2.36. The van der Waals surface area contributed by atoms with Crippen molar-refractivity contribution in [3.63, 3.8) is 0 Å². The molecule has 2 aromatic rings. The quantitative estimate of drug-likeness (QED) is 0.418. The number of hydrogen-bond acceptors (Lipinski definition) is 3. The molecule has 2 N–H and O–H groups in total. The zero-order chi connectivity index (χ0) is 17.7. The van der Waals surface area contributed by atoms with Crippen LogP contribution in [-0.2, 0) is 17.8 Å². The fourth-order valence-corrected chi connectivity index (χ4v) is 2.23. The van der Waals surface area contributed by atoms with Gasteiger partial charge in [-0.1, -0.05) is 42.5 Å². The molecule has 0 heterocycles. The van der Waals surface area contributed by atoms with Crippen LogP contribution >= 0.6 is 0 Å². The maximum absolute atomic E-state index is 5.57. The average molecular weight is 341 g/mol. The highest BCUT2D eigenvalue weighted by Gasteiger charge is 2.00. The average Bonchev–Trinajstić information content (AvgIpc) is 2.66. The highest BCUT2D eigenvalue weighted by atomic mass is 16.5. The summed E-state index contributed by atoms with van der Waals surface area (Å²) in [5.74, 6) is 1.66. The molecule has 0 spiro atoms. The highest BCUT2D eigenvalue weighted by molar-refractivity contribution is 5.79. The molecule has 0 atom stereocenters. The summed E-state index contributed by atoms with van der Waals surface area (Å²) in [5, 5.41) is 6.63. The number of guanidine groups is 1. The number of hydrogen-bond donors (Lipinski definition) is 2. The van der Waals surface area contributed by atoms with Crippen LogP contribution in [0.2, 0.25) is 0 Å². The lowest BCUT2D eigenvalue weighted by molar-refractivity contribution is 0.146. The molecule has 5 heteroatoms. The Morgan fingerprint density at radius 1 is 0.920 bits per heavy atom. The van der Waals surface area contributed by atoms with Gasteiger partial charge in [-0.2, -0.15) is 0 Å². The summed E-state index contributed by atoms with van der Waals surface area (Å²) in [6, 6.07) is 18.3. The fourth-order valence-electron chi connectivity index (χ4n) is 2.23. The van der Waals surface area contributed by atoms with Crippen LogP contribution in [0.3, 0.4) is 0 Å². The molecule has 134 valence electrons. The van der Waals surface area contributed by atoms with Gasteiger partial charge in [-0.25, -0.2) is 4.99 Å². The second-order valence-corrected chi connectivity index (χ2v) is 5.52. The van der Waals surface area contributed by atoms with Gasteiger partial charge >= 0.3 is 0 Å². The molecule has 5 nitrogen and oxygen atoms in total. The van der Waals surface area contributed by atoms with Gasteiger partial charge < -0.3 is 20.1 Å². The van der Waals surface area contributed by atoms with E-state index in [9.17, 15) is 0 Å². The Hall–Kier alpha value is -2.53. The molecule has 0 aromatic heterocycles. The Balaban J connectivity index is 1.85. The molecule has 0 bridgehead atoms. The van der Waals surface area contributed by atoms with E-state index in [0.717, 1.165) is 18.3 Å². The van der Waals surface area contributed by atoms with E-state index in [4.69, 9.17) is 9.47 Å². The molecule has 0 saturated heterocycles. The first-order valence-electron chi connectivity index (χ1n) is 8.58. The van der Waals surface area contributed by atoms with Gasteiger partial charge in [0, 0.05) is 20.2 Å². The standard InChI is InChI=1S/C20H27N3O2/c1-3-21-20(22-15-17-7-5-4-6-8-17)23-16-18-9-11-19(12-10-18)25-14-13-24-2/h4-12H,3,13-16H2,1-2H3,(H2,21,22,23). The molecular formula is C20H27N3O2. The maximum Gasteiger partial charge on any atom is 0.191 e. The first kappa shape index (κ1) is 18.8. The zero-order valence-corrected chi connectivity index (χ0v) is 15.0. The van der Waals surface area contributed by atoms with Crippen molar-refractivity contribution in [3.05, 3.63) is 65.7 Å². The number of ether oxygens (including phenoxy) is 2. The van der Waals surface area contributed by atoms with Gasteiger partial charge in [0.15, 0.2) is 5.96 Å². The van der Waals surface area contributed by atoms with E-state index in [2.05, 4.69) is 46.8 Å². The third-order valence-electron chi connectivity index (χ3n) is 3.55. The molecule has 0 fully saturated rings. The first-order valence-corrected chi connectivity index (χ1v) is 8.58. The van der Waals surface area contributed by atoms with E-state index in [0.29, 0.717) is 26.3 Å². The summed E-state index contributed by atoms with van der Waals surface area (Å²) < 4.78 is 10.5. The van der Waals surface area contributed by atoms with Gasteiger partial charge in [0.05, 0.1) is 13.2 Å². The normalized spacial score (nSPS) is 11.2. The predicted octanol–water partition coefficient (Wildman–Crippen LogP) is 2.97. The third-order valence-corrected chi connectivity index (χ3v) is 3.55. The molecule has 0 saturated carbocycles. The van der Waals surface area contributed by atoms with E-state index in [1.54, 1.807) is 7.11 Å². The molecule has 2 aromatic carbocycles. The van der Waals surface area contributed by atoms with Gasteiger partial charge in [0.1, 0.15) is 12.4 Å². The van der Waals surface area contributed by atoms with Crippen molar-refractivity contribution in [2.75, 3.05) is 26.9 Å². The lowest BCUT2D eigenvalue weighted by Gasteiger charge is -2.12. The van der Waals surface area contributed by atoms with Crippen LogP contribution in [0.5, 0.6) is 5.75 Å². The van der Waals surface area contributed by atoms with Crippen LogP contribution in [0.4, 0.5) is 0 Å². The van der Waals surface area contributed by atoms with Crippen LogP contribution in [-0.4, -0.2) is 32.8 Å². The minimum absolute atomic E-state index is 0.560. The van der Waals surface area contributed by atoms with Crippen LogP contribution in [0.25, 0.3) is 0 Å². The van der Waals surface area contributed by atoms with E-state index in [-0.39, 0.29) is 0 Å². The van der Waals surface area contributed by atoms with Crippen molar-refractivity contribution in [1.82, 2.24) is 10.6 Å². The minimum atomic E-state index is 0.560. The zero-order valence-electron chi connectivity index (χ0n) is 15.0. The first-order chi connectivity index (χ1) is 12.3. The van der Waals surface area contributed by atoms with Crippen molar-refractivity contribution in [2.24, 2.45) is 4.99 Å². The van der Waals surface area contributed by atoms with Crippen LogP contribution in [0.1, 0.15) is 18.1 Å².